The van der Waals surface area contributed by atoms with Crippen LogP contribution in [0.1, 0.15) is 6.92 Å². The second-order valence-corrected chi connectivity index (χ2v) is 6.64. The molecule has 1 aromatic heterocycles. The number of aromatic nitrogens is 2. The number of fused-ring (bicyclic) bond motifs is 1. The lowest BCUT2D eigenvalue weighted by Gasteiger charge is -2.15. The van der Waals surface area contributed by atoms with Crippen molar-refractivity contribution in [2.75, 3.05) is 5.32 Å². The molecule has 0 spiro atoms. The van der Waals surface area contributed by atoms with Gasteiger partial charge in [0.2, 0.25) is 0 Å². The summed E-state index contributed by atoms with van der Waals surface area (Å²) < 4.78 is 32.3. The Labute approximate surface area is 171 Å². The first-order chi connectivity index (χ1) is 14.5. The number of nitrogens with one attached hydrogen (secondary N) is 1. The van der Waals surface area contributed by atoms with Crippen molar-refractivity contribution >= 4 is 22.6 Å². The van der Waals surface area contributed by atoms with Crippen LogP contribution in [0, 0.1) is 11.6 Å². The fraction of sp³-hybridized carbons (Fsp3) is 0.0870. The van der Waals surface area contributed by atoms with Crippen LogP contribution in [-0.4, -0.2) is 22.0 Å². The minimum Gasteiger partial charge on any atom is -0.481 e. The van der Waals surface area contributed by atoms with Gasteiger partial charge < -0.3 is 10.1 Å². The van der Waals surface area contributed by atoms with Crippen LogP contribution in [-0.2, 0) is 4.79 Å². The maximum atomic E-state index is 13.7. The molecule has 1 heterocycles. The third-order valence-corrected chi connectivity index (χ3v) is 4.47. The summed E-state index contributed by atoms with van der Waals surface area (Å²) in [4.78, 5) is 21.3. The lowest BCUT2D eigenvalue weighted by Crippen LogP contribution is -2.30. The number of benzene rings is 3. The summed E-state index contributed by atoms with van der Waals surface area (Å²) in [7, 11) is 0. The van der Waals surface area contributed by atoms with Gasteiger partial charge in [0.15, 0.2) is 6.10 Å². The van der Waals surface area contributed by atoms with Crippen molar-refractivity contribution in [2.45, 2.75) is 13.0 Å². The molecule has 5 nitrogen and oxygen atoms in total. The number of nitrogens with zero attached hydrogens (tertiary/aromatic N) is 2. The molecule has 0 radical (unpaired) electrons. The topological polar surface area (TPSA) is 64.1 Å². The number of para-hydroxylation sites is 2. The van der Waals surface area contributed by atoms with Crippen molar-refractivity contribution in [3.63, 3.8) is 0 Å². The Bertz CT molecular complexity index is 1210. The van der Waals surface area contributed by atoms with Gasteiger partial charge in [-0.3, -0.25) is 9.78 Å². The molecule has 0 bridgehead atoms. The van der Waals surface area contributed by atoms with E-state index in [9.17, 15) is 13.6 Å². The summed E-state index contributed by atoms with van der Waals surface area (Å²) in [6.07, 6.45) is 0.812. The first-order valence-electron chi connectivity index (χ1n) is 9.24. The number of anilines is 1. The number of carbonyl (C=O) groups is 1. The zero-order chi connectivity index (χ0) is 21.1. The minimum atomic E-state index is -0.888. The molecule has 0 saturated carbocycles. The van der Waals surface area contributed by atoms with Crippen molar-refractivity contribution < 1.29 is 18.3 Å². The van der Waals surface area contributed by atoms with Gasteiger partial charge in [0, 0.05) is 11.6 Å². The molecular formula is C23H17F2N3O2. The average Bonchev–Trinajstić information content (AvgIpc) is 2.76. The van der Waals surface area contributed by atoms with E-state index in [1.54, 1.807) is 25.3 Å². The van der Waals surface area contributed by atoms with Gasteiger partial charge in [0.1, 0.15) is 17.4 Å². The Balaban J connectivity index is 1.43. The van der Waals surface area contributed by atoms with Crippen LogP contribution in [0.4, 0.5) is 14.5 Å². The van der Waals surface area contributed by atoms with Crippen LogP contribution in [0.15, 0.2) is 72.9 Å². The van der Waals surface area contributed by atoms with Crippen LogP contribution in [0.3, 0.4) is 0 Å². The van der Waals surface area contributed by atoms with Crippen LogP contribution in [0.25, 0.3) is 22.3 Å². The summed E-state index contributed by atoms with van der Waals surface area (Å²) in [5.41, 5.74) is 3.08. The molecule has 1 N–H and O–H groups in total. The second-order valence-electron chi connectivity index (χ2n) is 6.64. The molecule has 4 rings (SSSR count). The van der Waals surface area contributed by atoms with E-state index in [-0.39, 0.29) is 5.69 Å². The lowest BCUT2D eigenvalue weighted by atomic mass is 10.1. The third-order valence-electron chi connectivity index (χ3n) is 4.47. The van der Waals surface area contributed by atoms with Crippen LogP contribution >= 0.6 is 0 Å². The summed E-state index contributed by atoms with van der Waals surface area (Å²) >= 11 is 0. The van der Waals surface area contributed by atoms with Gasteiger partial charge in [-0.05, 0) is 55.5 Å². The molecule has 7 heteroatoms. The molecule has 0 unspecified atom stereocenters. The van der Waals surface area contributed by atoms with Crippen molar-refractivity contribution in [3.05, 3.63) is 84.6 Å². The lowest BCUT2D eigenvalue weighted by molar-refractivity contribution is -0.122. The molecule has 30 heavy (non-hydrogen) atoms. The molecule has 0 aliphatic heterocycles. The van der Waals surface area contributed by atoms with Gasteiger partial charge >= 0.3 is 0 Å². The summed E-state index contributed by atoms with van der Waals surface area (Å²) in [6.45, 7) is 1.54. The van der Waals surface area contributed by atoms with E-state index in [1.165, 1.54) is 0 Å². The van der Waals surface area contributed by atoms with Crippen LogP contribution < -0.4 is 10.1 Å². The van der Waals surface area contributed by atoms with Gasteiger partial charge in [-0.2, -0.15) is 0 Å². The van der Waals surface area contributed by atoms with E-state index in [0.29, 0.717) is 11.8 Å². The summed E-state index contributed by atoms with van der Waals surface area (Å²) in [5, 5.41) is 2.39. The van der Waals surface area contributed by atoms with Crippen molar-refractivity contribution in [3.8, 4) is 17.0 Å². The molecule has 1 amide bonds. The monoisotopic (exact) mass is 405 g/mol. The number of carbonyl (C=O) groups excluding carboxylic acids is 1. The average molecular weight is 405 g/mol. The fourth-order valence-corrected chi connectivity index (χ4v) is 2.88. The third kappa shape index (κ3) is 4.25. The van der Waals surface area contributed by atoms with E-state index in [1.807, 2.05) is 36.4 Å². The van der Waals surface area contributed by atoms with E-state index in [0.717, 1.165) is 34.4 Å². The Morgan fingerprint density at radius 1 is 1.00 bits per heavy atom. The first-order valence-corrected chi connectivity index (χ1v) is 9.24. The Morgan fingerprint density at radius 2 is 1.73 bits per heavy atom. The maximum Gasteiger partial charge on any atom is 0.265 e. The van der Waals surface area contributed by atoms with Crippen molar-refractivity contribution in [1.82, 2.24) is 9.97 Å². The van der Waals surface area contributed by atoms with Gasteiger partial charge in [0.05, 0.1) is 28.6 Å². The number of hydrogen-bond acceptors (Lipinski definition) is 4. The van der Waals surface area contributed by atoms with E-state index in [4.69, 9.17) is 4.74 Å². The molecule has 150 valence electrons. The largest absolute Gasteiger partial charge is 0.481 e. The highest BCUT2D eigenvalue weighted by Gasteiger charge is 2.17. The molecule has 0 saturated heterocycles. The van der Waals surface area contributed by atoms with E-state index >= 15 is 0 Å². The molecule has 0 aliphatic rings. The predicted molar refractivity (Wildman–Crippen MR) is 110 cm³/mol. The number of rotatable bonds is 5. The number of ether oxygens (including phenoxy) is 1. The first kappa shape index (κ1) is 19.4. The molecule has 0 fully saturated rings. The highest BCUT2D eigenvalue weighted by molar-refractivity contribution is 5.94. The van der Waals surface area contributed by atoms with Crippen LogP contribution in [0.5, 0.6) is 5.75 Å². The van der Waals surface area contributed by atoms with Gasteiger partial charge in [-0.25, -0.2) is 13.8 Å². The number of hydrogen-bond donors (Lipinski definition) is 1. The Kier molecular flexibility index (Phi) is 5.34. The second kappa shape index (κ2) is 8.24. The van der Waals surface area contributed by atoms with Crippen molar-refractivity contribution in [1.29, 1.82) is 0 Å². The predicted octanol–water partition coefficient (Wildman–Crippen LogP) is 4.98. The highest BCUT2D eigenvalue weighted by Crippen LogP contribution is 2.23. The molecular weight excluding hydrogens is 388 g/mol. The number of amides is 1. The van der Waals surface area contributed by atoms with Gasteiger partial charge in [-0.1, -0.05) is 12.1 Å². The highest BCUT2D eigenvalue weighted by atomic mass is 19.1. The van der Waals surface area contributed by atoms with E-state index in [2.05, 4.69) is 15.3 Å². The summed E-state index contributed by atoms with van der Waals surface area (Å²) in [5.74, 6) is -1.65. The normalized spacial score (nSPS) is 11.8. The van der Waals surface area contributed by atoms with Gasteiger partial charge in [0.25, 0.3) is 5.91 Å². The summed E-state index contributed by atoms with van der Waals surface area (Å²) in [6, 6.07) is 17.6. The van der Waals surface area contributed by atoms with Gasteiger partial charge in [-0.15, -0.1) is 0 Å². The maximum absolute atomic E-state index is 13.7. The molecule has 1 atom stereocenters. The molecule has 4 aromatic rings. The standard InChI is InChI=1S/C23H17F2N3O2/c1-14(23(29)28-19-11-8-16(24)12-18(19)25)30-17-9-6-15(7-10-17)22-13-26-20-4-2-3-5-21(20)27-22/h2-14H,1H3,(H,28,29)/t14-/m1/s1. The quantitative estimate of drug-likeness (QED) is 0.509. The number of halogens is 2. The zero-order valence-electron chi connectivity index (χ0n) is 16.0. The van der Waals surface area contributed by atoms with Crippen molar-refractivity contribution in [2.24, 2.45) is 0 Å². The Morgan fingerprint density at radius 3 is 2.47 bits per heavy atom. The van der Waals surface area contributed by atoms with Crippen LogP contribution in [0.2, 0.25) is 0 Å². The smallest absolute Gasteiger partial charge is 0.265 e. The molecule has 0 aliphatic carbocycles. The van der Waals surface area contributed by atoms with E-state index < -0.39 is 23.6 Å². The Hall–Kier alpha value is -3.87. The minimum absolute atomic E-state index is 0.109. The zero-order valence-corrected chi connectivity index (χ0v) is 16.0. The molecule has 3 aromatic carbocycles. The fourth-order valence-electron chi connectivity index (χ4n) is 2.88. The SMILES string of the molecule is C[C@@H](Oc1ccc(-c2cnc3ccccc3n2)cc1)C(=O)Nc1ccc(F)cc1F.